The van der Waals surface area contributed by atoms with E-state index in [9.17, 15) is 0 Å². The highest BCUT2D eigenvalue weighted by Crippen LogP contribution is 2.31. The second-order valence-corrected chi connectivity index (χ2v) is 13.4. The average Bonchev–Trinajstić information content (AvgIpc) is 3.45. The fourth-order valence-electron chi connectivity index (χ4n) is 6.01. The van der Waals surface area contributed by atoms with E-state index in [1.165, 1.54) is 11.1 Å². The topological polar surface area (TPSA) is 27.5 Å². The van der Waals surface area contributed by atoms with Gasteiger partial charge in [-0.15, -0.1) is 0 Å². The smallest absolute Gasteiger partial charge is 0.0691 e. The van der Waals surface area contributed by atoms with Gasteiger partial charge in [0.15, 0.2) is 0 Å². The Labute approximate surface area is 268 Å². The van der Waals surface area contributed by atoms with Gasteiger partial charge < -0.3 is 4.90 Å². The lowest BCUT2D eigenvalue weighted by Gasteiger charge is -2.40. The van der Waals surface area contributed by atoms with E-state index >= 15 is 0 Å². The van der Waals surface area contributed by atoms with E-state index < -0.39 is 0 Å². The number of likely N-dealkylation sites (N-methyl/N-ethyl adjacent to an activating group) is 1. The predicted molar refractivity (Wildman–Crippen MR) is 181 cm³/mol. The number of benzene rings is 3. The van der Waals surface area contributed by atoms with Gasteiger partial charge in [-0.1, -0.05) is 84.7 Å². The summed E-state index contributed by atoms with van der Waals surface area (Å²) in [5.74, 6) is 0. The number of nitrogens with zero attached hydrogens (tertiary/aromatic N) is 5. The summed E-state index contributed by atoms with van der Waals surface area (Å²) in [6, 6.07) is 29.8. The van der Waals surface area contributed by atoms with Gasteiger partial charge >= 0.3 is 0 Å². The van der Waals surface area contributed by atoms with Crippen LogP contribution in [-0.2, 0) is 12.0 Å². The van der Waals surface area contributed by atoms with Gasteiger partial charge in [0.1, 0.15) is 0 Å². The van der Waals surface area contributed by atoms with Gasteiger partial charge in [0.25, 0.3) is 0 Å². The molecule has 0 saturated carbocycles. The molecule has 2 heterocycles. The van der Waals surface area contributed by atoms with Gasteiger partial charge in [-0.2, -0.15) is 5.10 Å². The first-order valence-corrected chi connectivity index (χ1v) is 16.3. The molecule has 1 unspecified atom stereocenters. The molecule has 1 fully saturated rings. The zero-order valence-corrected chi connectivity index (χ0v) is 27.5. The number of aromatic nitrogens is 2. The van der Waals surface area contributed by atoms with Crippen molar-refractivity contribution in [3.8, 4) is 11.3 Å². The highest BCUT2D eigenvalue weighted by atomic mass is 35.5. The monoisotopic (exact) mass is 617 g/mol. The van der Waals surface area contributed by atoms with Crippen LogP contribution in [0.2, 0.25) is 10.0 Å². The molecular weight excluding hydrogens is 573 g/mol. The molecule has 4 aromatic rings. The van der Waals surface area contributed by atoms with Crippen molar-refractivity contribution in [1.29, 1.82) is 0 Å². The fourth-order valence-corrected chi connectivity index (χ4v) is 6.27. The Kier molecular flexibility index (Phi) is 10.6. The van der Waals surface area contributed by atoms with E-state index in [0.29, 0.717) is 0 Å². The molecule has 3 aromatic carbocycles. The lowest BCUT2D eigenvalue weighted by molar-refractivity contribution is 0.0998. The van der Waals surface area contributed by atoms with Gasteiger partial charge in [0.05, 0.1) is 23.0 Å². The van der Waals surface area contributed by atoms with E-state index in [1.807, 2.05) is 24.3 Å². The molecule has 1 aliphatic heterocycles. The van der Waals surface area contributed by atoms with Crippen molar-refractivity contribution in [2.75, 3.05) is 52.4 Å². The molecule has 1 aromatic heterocycles. The first-order valence-electron chi connectivity index (χ1n) is 15.6. The van der Waals surface area contributed by atoms with Crippen LogP contribution in [0, 0.1) is 0 Å². The molecule has 0 N–H and O–H groups in total. The van der Waals surface area contributed by atoms with Crippen molar-refractivity contribution in [2.45, 2.75) is 45.7 Å². The third kappa shape index (κ3) is 8.29. The minimum Gasteiger partial charge on any atom is -0.302 e. The van der Waals surface area contributed by atoms with Crippen molar-refractivity contribution < 1.29 is 0 Å². The Morgan fingerprint density at radius 1 is 0.791 bits per heavy atom. The maximum absolute atomic E-state index is 6.22. The SMILES string of the molecule is CCN(CCc1cc(-c2ccc(Cl)cc2)n(C(C)(C)C)n1)CCN1CCN(C(c2ccccc2)c2ccc(Cl)cc2)CC1. The van der Waals surface area contributed by atoms with Crippen LogP contribution in [0.4, 0.5) is 0 Å². The molecule has 0 amide bonds. The van der Waals surface area contributed by atoms with Gasteiger partial charge in [-0.3, -0.25) is 14.5 Å². The maximum atomic E-state index is 6.22. The number of hydrogen-bond acceptors (Lipinski definition) is 4. The van der Waals surface area contributed by atoms with Crippen molar-refractivity contribution in [3.05, 3.63) is 112 Å². The normalized spacial score (nSPS) is 15.7. The number of halogens is 2. The largest absolute Gasteiger partial charge is 0.302 e. The quantitative estimate of drug-likeness (QED) is 0.171. The number of piperazine rings is 1. The maximum Gasteiger partial charge on any atom is 0.0691 e. The zero-order chi connectivity index (χ0) is 30.4. The van der Waals surface area contributed by atoms with E-state index in [1.54, 1.807) is 0 Å². The summed E-state index contributed by atoms with van der Waals surface area (Å²) in [6.07, 6.45) is 0.936. The van der Waals surface area contributed by atoms with Gasteiger partial charge in [0, 0.05) is 62.3 Å². The minimum atomic E-state index is -0.104. The third-order valence-corrected chi connectivity index (χ3v) is 8.98. The van der Waals surface area contributed by atoms with Crippen LogP contribution < -0.4 is 0 Å². The molecule has 0 radical (unpaired) electrons. The molecule has 0 aliphatic carbocycles. The predicted octanol–water partition coefficient (Wildman–Crippen LogP) is 7.88. The minimum absolute atomic E-state index is 0.104. The average molecular weight is 619 g/mol. The molecule has 7 heteroatoms. The Balaban J connectivity index is 1.16. The van der Waals surface area contributed by atoms with E-state index in [2.05, 4.69) is 108 Å². The lowest BCUT2D eigenvalue weighted by Crippen LogP contribution is -2.49. The van der Waals surface area contributed by atoms with Crippen LogP contribution in [0.15, 0.2) is 84.9 Å². The molecule has 1 aliphatic rings. The zero-order valence-electron chi connectivity index (χ0n) is 26.0. The Bertz CT molecular complexity index is 1420. The summed E-state index contributed by atoms with van der Waals surface area (Å²) in [6.45, 7) is 17.3. The first kappa shape index (κ1) is 31.7. The summed E-state index contributed by atoms with van der Waals surface area (Å²) in [7, 11) is 0. The van der Waals surface area contributed by atoms with Crippen molar-refractivity contribution in [2.24, 2.45) is 0 Å². The van der Waals surface area contributed by atoms with Crippen LogP contribution >= 0.6 is 23.2 Å². The van der Waals surface area contributed by atoms with Crippen molar-refractivity contribution in [1.82, 2.24) is 24.5 Å². The molecular formula is C36H45Cl2N5. The standard InChI is InChI=1S/C36H45Cl2N5/c1-5-40(20-19-33-27-34(43(39-33)36(2,3)4)28-11-15-31(37)16-12-28)21-22-41-23-25-42(26-24-41)35(29-9-7-6-8-10-29)30-13-17-32(38)18-14-30/h6-18,27,35H,5,19-26H2,1-4H3. The summed E-state index contributed by atoms with van der Waals surface area (Å²) in [5, 5.41) is 6.59. The molecule has 1 atom stereocenters. The van der Waals surface area contributed by atoms with Crippen molar-refractivity contribution in [3.63, 3.8) is 0 Å². The number of rotatable bonds is 11. The molecule has 5 nitrogen and oxygen atoms in total. The Hall–Kier alpha value is -2.67. The van der Waals surface area contributed by atoms with Gasteiger partial charge in [0.2, 0.25) is 0 Å². The van der Waals surface area contributed by atoms with E-state index in [4.69, 9.17) is 28.3 Å². The molecule has 0 bridgehead atoms. The molecule has 5 rings (SSSR count). The van der Waals surface area contributed by atoms with Crippen LogP contribution in [0.5, 0.6) is 0 Å². The summed E-state index contributed by atoms with van der Waals surface area (Å²) >= 11 is 12.4. The molecule has 43 heavy (non-hydrogen) atoms. The van der Waals surface area contributed by atoms with Gasteiger partial charge in [-0.25, -0.2) is 0 Å². The second-order valence-electron chi connectivity index (χ2n) is 12.5. The molecule has 1 saturated heterocycles. The van der Waals surface area contributed by atoms with Gasteiger partial charge in [-0.05, 0) is 74.3 Å². The van der Waals surface area contributed by atoms with Crippen LogP contribution in [-0.4, -0.2) is 76.8 Å². The third-order valence-electron chi connectivity index (χ3n) is 8.47. The van der Waals surface area contributed by atoms with E-state index in [-0.39, 0.29) is 11.6 Å². The van der Waals surface area contributed by atoms with E-state index in [0.717, 1.165) is 85.8 Å². The summed E-state index contributed by atoms with van der Waals surface area (Å²) < 4.78 is 2.16. The highest BCUT2D eigenvalue weighted by molar-refractivity contribution is 6.30. The van der Waals surface area contributed by atoms with Crippen LogP contribution in [0.1, 0.15) is 50.6 Å². The second kappa shape index (κ2) is 14.4. The number of hydrogen-bond donors (Lipinski definition) is 0. The molecule has 0 spiro atoms. The van der Waals surface area contributed by atoms with Crippen LogP contribution in [0.3, 0.4) is 0 Å². The lowest BCUT2D eigenvalue weighted by atomic mass is 9.96. The summed E-state index contributed by atoms with van der Waals surface area (Å²) in [4.78, 5) is 7.80. The van der Waals surface area contributed by atoms with Crippen LogP contribution in [0.25, 0.3) is 11.3 Å². The summed E-state index contributed by atoms with van der Waals surface area (Å²) in [5.41, 5.74) is 5.97. The fraction of sp³-hybridized carbons (Fsp3) is 0.417. The Morgan fingerprint density at radius 3 is 2.00 bits per heavy atom. The Morgan fingerprint density at radius 2 is 1.40 bits per heavy atom. The highest BCUT2D eigenvalue weighted by Gasteiger charge is 2.27. The molecule has 228 valence electrons. The first-order chi connectivity index (χ1) is 20.7. The van der Waals surface area contributed by atoms with Crippen molar-refractivity contribution >= 4 is 23.2 Å².